The molecule has 3 aliphatic rings. The molecule has 3 aliphatic carbocycles. The molecule has 1 nitrogen and oxygen atoms in total. The Hall–Kier alpha value is -0.0400. The molecule has 0 heterocycles. The van der Waals surface area contributed by atoms with Crippen molar-refractivity contribution in [2.75, 3.05) is 0 Å². The van der Waals surface area contributed by atoms with Crippen LogP contribution in [0.2, 0.25) is 0 Å². The number of aliphatic hydroxyl groups is 1. The van der Waals surface area contributed by atoms with Crippen LogP contribution in [0.15, 0.2) is 0 Å². The van der Waals surface area contributed by atoms with E-state index in [1.54, 1.807) is 0 Å². The molecule has 0 radical (unpaired) electrons. The largest absolute Gasteiger partial charge is 0.389 e. The Balaban J connectivity index is 1.74. The average molecular weight is 208 g/mol. The van der Waals surface area contributed by atoms with Gasteiger partial charge in [-0.1, -0.05) is 25.7 Å². The van der Waals surface area contributed by atoms with Crippen LogP contribution in [0.3, 0.4) is 0 Å². The fraction of sp³-hybridized carbons (Fsp3) is 1.00. The van der Waals surface area contributed by atoms with Gasteiger partial charge in [0.25, 0.3) is 0 Å². The summed E-state index contributed by atoms with van der Waals surface area (Å²) < 4.78 is 0. The summed E-state index contributed by atoms with van der Waals surface area (Å²) in [4.78, 5) is 0. The molecule has 15 heavy (non-hydrogen) atoms. The first-order valence-corrected chi connectivity index (χ1v) is 7.01. The van der Waals surface area contributed by atoms with Crippen LogP contribution in [-0.2, 0) is 0 Å². The first-order valence-electron chi connectivity index (χ1n) is 7.01. The van der Waals surface area contributed by atoms with Crippen LogP contribution in [0, 0.1) is 17.8 Å². The lowest BCUT2D eigenvalue weighted by Crippen LogP contribution is -2.42. The van der Waals surface area contributed by atoms with Crippen LogP contribution in [0.4, 0.5) is 0 Å². The Morgan fingerprint density at radius 1 is 0.800 bits per heavy atom. The van der Waals surface area contributed by atoms with E-state index in [4.69, 9.17) is 0 Å². The molecular formula is C14H24O. The van der Waals surface area contributed by atoms with Gasteiger partial charge in [-0.05, 0) is 56.3 Å². The van der Waals surface area contributed by atoms with Crippen molar-refractivity contribution in [2.45, 2.75) is 69.8 Å². The molecule has 0 aromatic heterocycles. The van der Waals surface area contributed by atoms with E-state index in [0.717, 1.165) is 12.3 Å². The summed E-state index contributed by atoms with van der Waals surface area (Å²) in [5, 5.41) is 10.9. The monoisotopic (exact) mass is 208 g/mol. The zero-order valence-corrected chi connectivity index (χ0v) is 9.75. The third-order valence-electron chi connectivity index (χ3n) is 5.43. The molecule has 2 bridgehead atoms. The fourth-order valence-corrected chi connectivity index (χ4v) is 4.62. The first-order chi connectivity index (χ1) is 7.29. The maximum Gasteiger partial charge on any atom is 0.0706 e. The summed E-state index contributed by atoms with van der Waals surface area (Å²) in [7, 11) is 0. The van der Waals surface area contributed by atoms with Gasteiger partial charge in [-0.3, -0.25) is 0 Å². The summed E-state index contributed by atoms with van der Waals surface area (Å²) >= 11 is 0. The Morgan fingerprint density at radius 2 is 1.53 bits per heavy atom. The smallest absolute Gasteiger partial charge is 0.0706 e. The second-order valence-electron chi connectivity index (χ2n) is 6.26. The topological polar surface area (TPSA) is 20.2 Å². The average Bonchev–Trinajstić information content (AvgIpc) is 2.69. The normalized spacial score (nSPS) is 47.0. The minimum atomic E-state index is -0.229. The van der Waals surface area contributed by atoms with Crippen molar-refractivity contribution < 1.29 is 5.11 Å². The van der Waals surface area contributed by atoms with E-state index >= 15 is 0 Å². The highest BCUT2D eigenvalue weighted by Crippen LogP contribution is 2.55. The van der Waals surface area contributed by atoms with Gasteiger partial charge in [0, 0.05) is 0 Å². The van der Waals surface area contributed by atoms with Crippen LogP contribution >= 0.6 is 0 Å². The summed E-state index contributed by atoms with van der Waals surface area (Å²) in [5.41, 5.74) is -0.229. The Bertz CT molecular complexity index is 229. The molecule has 0 saturated heterocycles. The van der Waals surface area contributed by atoms with Crippen LogP contribution in [0.5, 0.6) is 0 Å². The van der Waals surface area contributed by atoms with Gasteiger partial charge in [-0.25, -0.2) is 0 Å². The molecule has 0 aromatic rings. The number of fused-ring (bicyclic) bond motifs is 2. The van der Waals surface area contributed by atoms with Crippen molar-refractivity contribution in [3.8, 4) is 0 Å². The third kappa shape index (κ3) is 1.63. The van der Waals surface area contributed by atoms with Gasteiger partial charge in [-0.2, -0.15) is 0 Å². The van der Waals surface area contributed by atoms with E-state index in [9.17, 15) is 5.11 Å². The Kier molecular flexibility index (Phi) is 2.54. The lowest BCUT2D eigenvalue weighted by atomic mass is 9.72. The van der Waals surface area contributed by atoms with E-state index < -0.39 is 0 Å². The predicted octanol–water partition coefficient (Wildman–Crippen LogP) is 3.51. The van der Waals surface area contributed by atoms with Crippen molar-refractivity contribution in [3.63, 3.8) is 0 Å². The Morgan fingerprint density at radius 3 is 2.07 bits per heavy atom. The molecule has 0 spiro atoms. The zero-order chi connectivity index (χ0) is 10.3. The molecule has 0 aromatic carbocycles. The van der Waals surface area contributed by atoms with E-state index in [2.05, 4.69) is 0 Å². The predicted molar refractivity (Wildman–Crippen MR) is 61.6 cm³/mol. The third-order valence-corrected chi connectivity index (χ3v) is 5.43. The van der Waals surface area contributed by atoms with Gasteiger partial charge >= 0.3 is 0 Å². The van der Waals surface area contributed by atoms with E-state index in [0.29, 0.717) is 11.8 Å². The maximum absolute atomic E-state index is 10.9. The molecule has 86 valence electrons. The Labute approximate surface area is 93.3 Å². The number of rotatable bonds is 1. The van der Waals surface area contributed by atoms with Gasteiger partial charge in [0.15, 0.2) is 0 Å². The minimum absolute atomic E-state index is 0.229. The quantitative estimate of drug-likeness (QED) is 0.654. The maximum atomic E-state index is 10.9. The second-order valence-corrected chi connectivity index (χ2v) is 6.26. The second kappa shape index (κ2) is 3.76. The van der Waals surface area contributed by atoms with Crippen molar-refractivity contribution in [1.29, 1.82) is 0 Å². The summed E-state index contributed by atoms with van der Waals surface area (Å²) in [5.74, 6) is 2.20. The SMILES string of the molecule is OC1(C2CCCCCC2)CC2CCC1C2. The molecule has 0 amide bonds. The van der Waals surface area contributed by atoms with E-state index in [-0.39, 0.29) is 5.60 Å². The molecule has 3 unspecified atom stereocenters. The van der Waals surface area contributed by atoms with Gasteiger partial charge < -0.3 is 5.11 Å². The van der Waals surface area contributed by atoms with E-state index in [1.807, 2.05) is 0 Å². The molecule has 3 atom stereocenters. The highest BCUT2D eigenvalue weighted by Gasteiger charge is 2.53. The van der Waals surface area contributed by atoms with Crippen molar-refractivity contribution in [3.05, 3.63) is 0 Å². The molecule has 1 N–H and O–H groups in total. The lowest BCUT2D eigenvalue weighted by Gasteiger charge is -2.39. The van der Waals surface area contributed by atoms with Gasteiger partial charge in [0.1, 0.15) is 0 Å². The van der Waals surface area contributed by atoms with Crippen LogP contribution in [0.25, 0.3) is 0 Å². The molecule has 3 rings (SSSR count). The minimum Gasteiger partial charge on any atom is -0.389 e. The molecule has 0 aliphatic heterocycles. The first kappa shape index (κ1) is 10.1. The van der Waals surface area contributed by atoms with Crippen molar-refractivity contribution in [1.82, 2.24) is 0 Å². The van der Waals surface area contributed by atoms with Crippen LogP contribution < -0.4 is 0 Å². The summed E-state index contributed by atoms with van der Waals surface area (Å²) in [6.45, 7) is 0. The number of hydrogen-bond acceptors (Lipinski definition) is 1. The van der Waals surface area contributed by atoms with E-state index in [1.165, 1.54) is 57.8 Å². The molecule has 1 heteroatoms. The van der Waals surface area contributed by atoms with Crippen molar-refractivity contribution >= 4 is 0 Å². The molecular weight excluding hydrogens is 184 g/mol. The van der Waals surface area contributed by atoms with Gasteiger partial charge in [-0.15, -0.1) is 0 Å². The highest BCUT2D eigenvalue weighted by molar-refractivity contribution is 5.04. The molecule has 3 fully saturated rings. The standard InChI is InChI=1S/C14H24O/c15-14(10-11-7-8-13(14)9-11)12-5-3-1-2-4-6-12/h11-13,15H,1-10H2. The fourth-order valence-electron chi connectivity index (χ4n) is 4.62. The molecule has 3 saturated carbocycles. The van der Waals surface area contributed by atoms with Crippen molar-refractivity contribution in [2.24, 2.45) is 17.8 Å². The summed E-state index contributed by atoms with van der Waals surface area (Å²) in [6.07, 6.45) is 13.3. The summed E-state index contributed by atoms with van der Waals surface area (Å²) in [6, 6.07) is 0. The lowest BCUT2D eigenvalue weighted by molar-refractivity contribution is -0.0696. The van der Waals surface area contributed by atoms with Gasteiger partial charge in [0.2, 0.25) is 0 Å². The highest BCUT2D eigenvalue weighted by atomic mass is 16.3. The van der Waals surface area contributed by atoms with Crippen LogP contribution in [-0.4, -0.2) is 10.7 Å². The van der Waals surface area contributed by atoms with Crippen LogP contribution in [0.1, 0.15) is 64.2 Å². The van der Waals surface area contributed by atoms with Gasteiger partial charge in [0.05, 0.1) is 5.60 Å². The number of hydrogen-bond donors (Lipinski definition) is 1. The zero-order valence-electron chi connectivity index (χ0n) is 9.75.